The molecular formula is C17H19ClN4O2. The third-order valence-corrected chi connectivity index (χ3v) is 4.27. The summed E-state index contributed by atoms with van der Waals surface area (Å²) in [6, 6.07) is 7.56. The number of nitrogen functional groups attached to an aromatic ring is 1. The number of aryl methyl sites for hydroxylation is 1. The van der Waals surface area contributed by atoms with Gasteiger partial charge in [-0.05, 0) is 24.1 Å². The highest BCUT2D eigenvalue weighted by atomic mass is 35.5. The van der Waals surface area contributed by atoms with E-state index in [1.54, 1.807) is 11.1 Å². The Kier molecular flexibility index (Phi) is 5.27. The highest BCUT2D eigenvalue weighted by Crippen LogP contribution is 2.24. The van der Waals surface area contributed by atoms with E-state index in [-0.39, 0.29) is 12.0 Å². The minimum atomic E-state index is -0.327. The molecule has 3 rings (SSSR count). The van der Waals surface area contributed by atoms with Crippen molar-refractivity contribution in [2.75, 3.05) is 25.4 Å². The van der Waals surface area contributed by atoms with Gasteiger partial charge in [0.05, 0.1) is 13.2 Å². The summed E-state index contributed by atoms with van der Waals surface area (Å²) in [5, 5.41) is 0.697. The van der Waals surface area contributed by atoms with Crippen LogP contribution in [0, 0.1) is 0 Å². The largest absolute Gasteiger partial charge is 0.382 e. The van der Waals surface area contributed by atoms with Crippen molar-refractivity contribution >= 4 is 23.3 Å². The summed E-state index contributed by atoms with van der Waals surface area (Å²) in [5.74, 6) is 0.443. The van der Waals surface area contributed by atoms with E-state index in [1.165, 1.54) is 6.20 Å². The normalized spacial score (nSPS) is 17.7. The molecule has 0 saturated carbocycles. The van der Waals surface area contributed by atoms with Crippen LogP contribution in [0.25, 0.3) is 0 Å². The summed E-state index contributed by atoms with van der Waals surface area (Å²) in [7, 11) is 0. The number of nitrogens with zero attached hydrogens (tertiary/aromatic N) is 3. The van der Waals surface area contributed by atoms with Crippen molar-refractivity contribution in [3.8, 4) is 0 Å². The Morgan fingerprint density at radius 3 is 2.79 bits per heavy atom. The molecule has 1 aromatic carbocycles. The van der Waals surface area contributed by atoms with Gasteiger partial charge in [0.15, 0.2) is 0 Å². The number of morpholine rings is 1. The van der Waals surface area contributed by atoms with Gasteiger partial charge in [0.25, 0.3) is 0 Å². The van der Waals surface area contributed by atoms with Gasteiger partial charge in [-0.25, -0.2) is 4.98 Å². The average molecular weight is 347 g/mol. The molecule has 0 unspecified atom stereocenters. The van der Waals surface area contributed by atoms with E-state index in [1.807, 2.05) is 24.3 Å². The standard InChI is InChI=1S/C17H19ClN4O2/c18-13-4-1-12(2-5-13)3-6-15(23)22-9-10-24-14(11-22)16-17(19)21-8-7-20-16/h1-2,4-5,7-8,14H,3,6,9-11H2,(H2,19,21)/t14-/m0/s1. The molecule has 1 atom stereocenters. The first kappa shape index (κ1) is 16.7. The monoisotopic (exact) mass is 346 g/mol. The molecule has 2 heterocycles. The van der Waals surface area contributed by atoms with Gasteiger partial charge >= 0.3 is 0 Å². The van der Waals surface area contributed by atoms with Crippen molar-refractivity contribution in [1.82, 2.24) is 14.9 Å². The Balaban J connectivity index is 1.59. The predicted molar refractivity (Wildman–Crippen MR) is 91.5 cm³/mol. The van der Waals surface area contributed by atoms with Crippen LogP contribution in [0.3, 0.4) is 0 Å². The van der Waals surface area contributed by atoms with Crippen molar-refractivity contribution in [3.05, 3.63) is 52.9 Å². The summed E-state index contributed by atoms with van der Waals surface area (Å²) in [5.41, 5.74) is 7.54. The zero-order valence-corrected chi connectivity index (χ0v) is 13.9. The summed E-state index contributed by atoms with van der Waals surface area (Å²) in [4.78, 5) is 22.5. The number of benzene rings is 1. The van der Waals surface area contributed by atoms with Crippen LogP contribution in [0.15, 0.2) is 36.7 Å². The molecule has 126 valence electrons. The number of halogens is 1. The molecule has 0 spiro atoms. The van der Waals surface area contributed by atoms with Crippen LogP contribution in [-0.4, -0.2) is 40.5 Å². The second-order valence-electron chi connectivity index (χ2n) is 5.65. The molecule has 6 nitrogen and oxygen atoms in total. The van der Waals surface area contributed by atoms with Gasteiger partial charge in [-0.15, -0.1) is 0 Å². The van der Waals surface area contributed by atoms with Gasteiger partial charge in [0.2, 0.25) is 5.91 Å². The maximum Gasteiger partial charge on any atom is 0.223 e. The molecule has 0 radical (unpaired) electrons. The number of aromatic nitrogens is 2. The first-order chi connectivity index (χ1) is 11.6. The highest BCUT2D eigenvalue weighted by molar-refractivity contribution is 6.30. The molecule has 1 amide bonds. The zero-order chi connectivity index (χ0) is 16.9. The third-order valence-electron chi connectivity index (χ3n) is 4.02. The number of hydrogen-bond acceptors (Lipinski definition) is 5. The summed E-state index contributed by atoms with van der Waals surface area (Å²) in [6.07, 6.45) is 3.93. The lowest BCUT2D eigenvalue weighted by molar-refractivity contribution is -0.139. The van der Waals surface area contributed by atoms with E-state index in [0.717, 1.165) is 5.56 Å². The summed E-state index contributed by atoms with van der Waals surface area (Å²) < 4.78 is 5.71. The summed E-state index contributed by atoms with van der Waals surface area (Å²) in [6.45, 7) is 1.49. The number of ether oxygens (including phenoxy) is 1. The second-order valence-corrected chi connectivity index (χ2v) is 6.09. The molecule has 1 aromatic heterocycles. The van der Waals surface area contributed by atoms with Crippen LogP contribution in [-0.2, 0) is 16.0 Å². The minimum Gasteiger partial charge on any atom is -0.382 e. The Hall–Kier alpha value is -2.18. The SMILES string of the molecule is Nc1nccnc1[C@@H]1CN(C(=O)CCc2ccc(Cl)cc2)CCO1. The first-order valence-corrected chi connectivity index (χ1v) is 8.21. The van der Waals surface area contributed by atoms with Gasteiger partial charge in [-0.2, -0.15) is 0 Å². The molecule has 0 aliphatic carbocycles. The maximum absolute atomic E-state index is 12.5. The molecule has 24 heavy (non-hydrogen) atoms. The number of carbonyl (C=O) groups excluding carboxylic acids is 1. The fourth-order valence-corrected chi connectivity index (χ4v) is 2.84. The lowest BCUT2D eigenvalue weighted by Gasteiger charge is -2.33. The van der Waals surface area contributed by atoms with Gasteiger partial charge in [0.1, 0.15) is 17.6 Å². The number of hydrogen-bond donors (Lipinski definition) is 1. The fraction of sp³-hybridized carbons (Fsp3) is 0.353. The quantitative estimate of drug-likeness (QED) is 0.918. The first-order valence-electron chi connectivity index (χ1n) is 7.83. The van der Waals surface area contributed by atoms with Crippen LogP contribution in [0.5, 0.6) is 0 Å². The molecule has 1 aliphatic rings. The maximum atomic E-state index is 12.5. The van der Waals surface area contributed by atoms with E-state index in [4.69, 9.17) is 22.1 Å². The van der Waals surface area contributed by atoms with E-state index in [9.17, 15) is 4.79 Å². The van der Waals surface area contributed by atoms with Crippen molar-refractivity contribution in [2.45, 2.75) is 18.9 Å². The van der Waals surface area contributed by atoms with Gasteiger partial charge in [-0.3, -0.25) is 9.78 Å². The average Bonchev–Trinajstić information content (AvgIpc) is 2.61. The minimum absolute atomic E-state index is 0.0979. The molecule has 2 aromatic rings. The lowest BCUT2D eigenvalue weighted by Crippen LogP contribution is -2.42. The Bertz CT molecular complexity index is 708. The predicted octanol–water partition coefficient (Wildman–Crippen LogP) is 2.24. The molecule has 0 bridgehead atoms. The van der Waals surface area contributed by atoms with E-state index < -0.39 is 0 Å². The number of carbonyl (C=O) groups is 1. The Morgan fingerprint density at radius 2 is 2.04 bits per heavy atom. The topological polar surface area (TPSA) is 81.3 Å². The van der Waals surface area contributed by atoms with Crippen LogP contribution >= 0.6 is 11.6 Å². The number of rotatable bonds is 4. The smallest absolute Gasteiger partial charge is 0.223 e. The highest BCUT2D eigenvalue weighted by Gasteiger charge is 2.27. The zero-order valence-electron chi connectivity index (χ0n) is 13.2. The van der Waals surface area contributed by atoms with Crippen LogP contribution < -0.4 is 5.73 Å². The van der Waals surface area contributed by atoms with Crippen molar-refractivity contribution in [3.63, 3.8) is 0 Å². The number of anilines is 1. The number of amides is 1. The van der Waals surface area contributed by atoms with Crippen molar-refractivity contribution in [1.29, 1.82) is 0 Å². The van der Waals surface area contributed by atoms with Crippen molar-refractivity contribution < 1.29 is 9.53 Å². The molecule has 1 aliphatic heterocycles. The molecule has 2 N–H and O–H groups in total. The van der Waals surface area contributed by atoms with Gasteiger partial charge in [-0.1, -0.05) is 23.7 Å². The molecule has 7 heteroatoms. The summed E-state index contributed by atoms with van der Waals surface area (Å²) >= 11 is 5.87. The third kappa shape index (κ3) is 4.01. The molecule has 1 fully saturated rings. The molecular weight excluding hydrogens is 328 g/mol. The Morgan fingerprint density at radius 1 is 1.29 bits per heavy atom. The Labute approximate surface area is 145 Å². The van der Waals surface area contributed by atoms with Gasteiger partial charge in [0, 0.05) is 30.4 Å². The molecule has 1 saturated heterocycles. The fourth-order valence-electron chi connectivity index (χ4n) is 2.71. The van der Waals surface area contributed by atoms with E-state index >= 15 is 0 Å². The van der Waals surface area contributed by atoms with Gasteiger partial charge < -0.3 is 15.4 Å². The van der Waals surface area contributed by atoms with E-state index in [2.05, 4.69) is 9.97 Å². The second kappa shape index (κ2) is 7.59. The van der Waals surface area contributed by atoms with Crippen LogP contribution in [0.4, 0.5) is 5.82 Å². The van der Waals surface area contributed by atoms with Crippen LogP contribution in [0.2, 0.25) is 5.02 Å². The van der Waals surface area contributed by atoms with Crippen LogP contribution in [0.1, 0.15) is 23.8 Å². The van der Waals surface area contributed by atoms with Crippen molar-refractivity contribution in [2.24, 2.45) is 0 Å². The number of nitrogens with two attached hydrogens (primary N) is 1. The lowest BCUT2D eigenvalue weighted by atomic mass is 10.1. The van der Waals surface area contributed by atoms with E-state index in [0.29, 0.717) is 49.1 Å².